The average molecular weight is 228 g/mol. The molecule has 0 unspecified atom stereocenters. The SMILES string of the molecule is CCN(CCC(=O)O)C(=O)C1(C(N)=O)CC1. The van der Waals surface area contributed by atoms with Crippen molar-refractivity contribution in [3.05, 3.63) is 0 Å². The first kappa shape index (κ1) is 12.5. The van der Waals surface area contributed by atoms with Crippen molar-refractivity contribution in [1.82, 2.24) is 4.90 Å². The van der Waals surface area contributed by atoms with Gasteiger partial charge in [-0.25, -0.2) is 0 Å². The largest absolute Gasteiger partial charge is 0.481 e. The first-order chi connectivity index (χ1) is 7.44. The van der Waals surface area contributed by atoms with Crippen molar-refractivity contribution < 1.29 is 19.5 Å². The highest BCUT2D eigenvalue weighted by Crippen LogP contribution is 2.46. The minimum atomic E-state index is -1.05. The Hall–Kier alpha value is -1.59. The molecule has 0 aromatic carbocycles. The molecule has 0 aromatic heterocycles. The molecule has 3 N–H and O–H groups in total. The van der Waals surface area contributed by atoms with Gasteiger partial charge in [0, 0.05) is 13.1 Å². The van der Waals surface area contributed by atoms with Crippen molar-refractivity contribution in [1.29, 1.82) is 0 Å². The summed E-state index contributed by atoms with van der Waals surface area (Å²) >= 11 is 0. The highest BCUT2D eigenvalue weighted by Gasteiger charge is 2.56. The highest BCUT2D eigenvalue weighted by molar-refractivity contribution is 6.07. The molecule has 0 aromatic rings. The van der Waals surface area contributed by atoms with Crippen LogP contribution in [0.5, 0.6) is 0 Å². The molecule has 2 amide bonds. The zero-order chi connectivity index (χ0) is 12.3. The van der Waals surface area contributed by atoms with Crippen LogP contribution in [-0.4, -0.2) is 40.9 Å². The van der Waals surface area contributed by atoms with Gasteiger partial charge in [-0.15, -0.1) is 0 Å². The van der Waals surface area contributed by atoms with E-state index in [-0.39, 0.29) is 18.9 Å². The molecule has 1 aliphatic carbocycles. The topological polar surface area (TPSA) is 101 Å². The molecule has 0 atom stereocenters. The fraction of sp³-hybridized carbons (Fsp3) is 0.700. The van der Waals surface area contributed by atoms with Crippen LogP contribution in [0, 0.1) is 5.41 Å². The number of rotatable bonds is 6. The van der Waals surface area contributed by atoms with E-state index in [9.17, 15) is 14.4 Å². The minimum Gasteiger partial charge on any atom is -0.481 e. The maximum absolute atomic E-state index is 11.9. The molecule has 0 saturated heterocycles. The van der Waals surface area contributed by atoms with Crippen LogP contribution in [-0.2, 0) is 14.4 Å². The Labute approximate surface area is 93.4 Å². The van der Waals surface area contributed by atoms with E-state index in [1.54, 1.807) is 6.92 Å². The summed E-state index contributed by atoms with van der Waals surface area (Å²) in [6.45, 7) is 2.26. The molecule has 6 heteroatoms. The van der Waals surface area contributed by atoms with E-state index < -0.39 is 17.3 Å². The number of hydrogen-bond acceptors (Lipinski definition) is 3. The minimum absolute atomic E-state index is 0.117. The number of nitrogens with zero attached hydrogens (tertiary/aromatic N) is 1. The van der Waals surface area contributed by atoms with Crippen LogP contribution in [0.3, 0.4) is 0 Å². The number of carbonyl (C=O) groups excluding carboxylic acids is 2. The summed E-state index contributed by atoms with van der Waals surface area (Å²) in [5.41, 5.74) is 4.13. The van der Waals surface area contributed by atoms with Crippen LogP contribution in [0.2, 0.25) is 0 Å². The third-order valence-corrected chi connectivity index (χ3v) is 2.90. The van der Waals surface area contributed by atoms with Crippen molar-refractivity contribution >= 4 is 17.8 Å². The second kappa shape index (κ2) is 4.51. The van der Waals surface area contributed by atoms with Crippen molar-refractivity contribution in [3.8, 4) is 0 Å². The van der Waals surface area contributed by atoms with Gasteiger partial charge in [0.15, 0.2) is 0 Å². The van der Waals surface area contributed by atoms with Gasteiger partial charge < -0.3 is 15.7 Å². The fourth-order valence-electron chi connectivity index (χ4n) is 1.63. The number of amides is 2. The molecule has 90 valence electrons. The average Bonchev–Trinajstić information content (AvgIpc) is 2.98. The Morgan fingerprint density at radius 2 is 1.94 bits per heavy atom. The number of carboxylic acid groups (broad SMARTS) is 1. The molecule has 1 aliphatic rings. The second-order valence-corrected chi connectivity index (χ2v) is 3.97. The first-order valence-electron chi connectivity index (χ1n) is 5.25. The summed E-state index contributed by atoms with van der Waals surface area (Å²) in [6.07, 6.45) is 0.837. The van der Waals surface area contributed by atoms with Crippen molar-refractivity contribution in [2.24, 2.45) is 11.1 Å². The third-order valence-electron chi connectivity index (χ3n) is 2.90. The smallest absolute Gasteiger partial charge is 0.305 e. The predicted molar refractivity (Wildman–Crippen MR) is 55.4 cm³/mol. The normalized spacial score (nSPS) is 16.6. The molecule has 0 spiro atoms. The van der Waals surface area contributed by atoms with Crippen LogP contribution < -0.4 is 5.73 Å². The van der Waals surface area contributed by atoms with Crippen LogP contribution >= 0.6 is 0 Å². The van der Waals surface area contributed by atoms with Crippen molar-refractivity contribution in [3.63, 3.8) is 0 Å². The lowest BCUT2D eigenvalue weighted by atomic mass is 10.0. The molecular formula is C10H16N2O4. The van der Waals surface area contributed by atoms with Gasteiger partial charge >= 0.3 is 5.97 Å². The summed E-state index contributed by atoms with van der Waals surface area (Å²) in [5, 5.41) is 8.54. The van der Waals surface area contributed by atoms with Gasteiger partial charge in [-0.2, -0.15) is 0 Å². The van der Waals surface area contributed by atoms with E-state index in [0.29, 0.717) is 19.4 Å². The number of carboxylic acids is 1. The summed E-state index contributed by atoms with van der Waals surface area (Å²) in [5.74, 6) is -1.90. The molecule has 0 bridgehead atoms. The van der Waals surface area contributed by atoms with Gasteiger partial charge in [-0.3, -0.25) is 14.4 Å². The van der Waals surface area contributed by atoms with Crippen molar-refractivity contribution in [2.75, 3.05) is 13.1 Å². The number of nitrogens with two attached hydrogens (primary N) is 1. The summed E-state index contributed by atoms with van der Waals surface area (Å²) in [6, 6.07) is 0. The van der Waals surface area contributed by atoms with Gasteiger partial charge in [-0.1, -0.05) is 0 Å². The Morgan fingerprint density at radius 1 is 1.38 bits per heavy atom. The number of primary amides is 1. The van der Waals surface area contributed by atoms with Gasteiger partial charge in [-0.05, 0) is 19.8 Å². The molecular weight excluding hydrogens is 212 g/mol. The molecule has 6 nitrogen and oxygen atoms in total. The van der Waals surface area contributed by atoms with E-state index in [2.05, 4.69) is 0 Å². The van der Waals surface area contributed by atoms with Gasteiger partial charge in [0.25, 0.3) is 0 Å². The van der Waals surface area contributed by atoms with E-state index >= 15 is 0 Å². The lowest BCUT2D eigenvalue weighted by Crippen LogP contribution is -2.44. The molecule has 0 aliphatic heterocycles. The van der Waals surface area contributed by atoms with Gasteiger partial charge in [0.1, 0.15) is 5.41 Å². The highest BCUT2D eigenvalue weighted by atomic mass is 16.4. The number of hydrogen-bond donors (Lipinski definition) is 2. The van der Waals surface area contributed by atoms with Crippen molar-refractivity contribution in [2.45, 2.75) is 26.2 Å². The molecule has 16 heavy (non-hydrogen) atoms. The summed E-state index contributed by atoms with van der Waals surface area (Å²) < 4.78 is 0. The Bertz CT molecular complexity index is 323. The third kappa shape index (κ3) is 2.32. The monoisotopic (exact) mass is 228 g/mol. The lowest BCUT2D eigenvalue weighted by molar-refractivity contribution is -0.143. The maximum Gasteiger partial charge on any atom is 0.305 e. The van der Waals surface area contributed by atoms with Crippen LogP contribution in [0.4, 0.5) is 0 Å². The Morgan fingerprint density at radius 3 is 2.25 bits per heavy atom. The molecule has 1 saturated carbocycles. The number of carbonyl (C=O) groups is 3. The van der Waals surface area contributed by atoms with Gasteiger partial charge in [0.05, 0.1) is 6.42 Å². The zero-order valence-electron chi connectivity index (χ0n) is 9.23. The molecule has 0 radical (unpaired) electrons. The second-order valence-electron chi connectivity index (χ2n) is 3.97. The molecule has 1 rings (SSSR count). The van der Waals surface area contributed by atoms with Gasteiger partial charge in [0.2, 0.25) is 11.8 Å². The van der Waals surface area contributed by atoms with E-state index in [4.69, 9.17) is 10.8 Å². The quantitative estimate of drug-likeness (QED) is 0.602. The molecule has 0 heterocycles. The van der Waals surface area contributed by atoms with Crippen LogP contribution in [0.25, 0.3) is 0 Å². The summed E-state index contributed by atoms with van der Waals surface area (Å²) in [4.78, 5) is 34.9. The van der Waals surface area contributed by atoms with Crippen LogP contribution in [0.15, 0.2) is 0 Å². The van der Waals surface area contributed by atoms with E-state index in [1.807, 2.05) is 0 Å². The fourth-order valence-corrected chi connectivity index (χ4v) is 1.63. The predicted octanol–water partition coefficient (Wildman–Crippen LogP) is -0.425. The summed E-state index contributed by atoms with van der Waals surface area (Å²) in [7, 11) is 0. The molecule has 1 fully saturated rings. The Balaban J connectivity index is 2.63. The first-order valence-corrected chi connectivity index (χ1v) is 5.25. The van der Waals surface area contributed by atoms with E-state index in [0.717, 1.165) is 0 Å². The van der Waals surface area contributed by atoms with Crippen LogP contribution in [0.1, 0.15) is 26.2 Å². The van der Waals surface area contributed by atoms with E-state index in [1.165, 1.54) is 4.90 Å². The standard InChI is InChI=1S/C10H16N2O4/c1-2-12(6-3-7(13)14)9(16)10(4-5-10)8(11)15/h2-6H2,1H3,(H2,11,15)(H,13,14). The lowest BCUT2D eigenvalue weighted by Gasteiger charge is -2.23. The zero-order valence-corrected chi connectivity index (χ0v) is 9.23. The number of aliphatic carboxylic acids is 1. The Kier molecular flexibility index (Phi) is 3.51. The maximum atomic E-state index is 11.9.